The summed E-state index contributed by atoms with van der Waals surface area (Å²) in [7, 11) is 0. The van der Waals surface area contributed by atoms with E-state index in [9.17, 15) is 14.7 Å². The van der Waals surface area contributed by atoms with Gasteiger partial charge in [0.25, 0.3) is 0 Å². The lowest BCUT2D eigenvalue weighted by Gasteiger charge is -2.28. The first-order valence-electron chi connectivity index (χ1n) is 7.97. The van der Waals surface area contributed by atoms with E-state index in [1.54, 1.807) is 0 Å². The Bertz CT molecular complexity index is 323. The molecular formula is C15H28N2O4. The van der Waals surface area contributed by atoms with Crippen LogP contribution in [0.4, 0.5) is 4.79 Å². The minimum atomic E-state index is -0.741. The summed E-state index contributed by atoms with van der Waals surface area (Å²) in [6.45, 7) is 4.47. The van der Waals surface area contributed by atoms with Crippen LogP contribution < -0.4 is 10.6 Å². The number of carboxylic acid groups (broad SMARTS) is 1. The fraction of sp³-hybridized carbons (Fsp3) is 0.867. The molecule has 1 rings (SSSR count). The SMILES string of the molecule is CCCOCCCNC(=O)NCC1CCCCC1C(=O)O. The van der Waals surface area contributed by atoms with Crippen molar-refractivity contribution in [1.29, 1.82) is 0 Å². The highest BCUT2D eigenvalue weighted by Crippen LogP contribution is 2.29. The molecule has 0 aliphatic heterocycles. The Morgan fingerprint density at radius 1 is 1.19 bits per heavy atom. The number of carbonyl (C=O) groups is 2. The van der Waals surface area contributed by atoms with Crippen LogP contribution in [0.15, 0.2) is 0 Å². The van der Waals surface area contributed by atoms with Gasteiger partial charge in [0.15, 0.2) is 0 Å². The van der Waals surface area contributed by atoms with Crippen molar-refractivity contribution in [3.63, 3.8) is 0 Å². The zero-order valence-electron chi connectivity index (χ0n) is 12.9. The fourth-order valence-electron chi connectivity index (χ4n) is 2.69. The molecule has 21 heavy (non-hydrogen) atoms. The number of amides is 2. The van der Waals surface area contributed by atoms with Crippen LogP contribution in [0.3, 0.4) is 0 Å². The minimum Gasteiger partial charge on any atom is -0.481 e. The largest absolute Gasteiger partial charge is 0.481 e. The fourth-order valence-corrected chi connectivity index (χ4v) is 2.69. The van der Waals surface area contributed by atoms with Crippen molar-refractivity contribution >= 4 is 12.0 Å². The Kier molecular flexibility index (Phi) is 8.82. The van der Waals surface area contributed by atoms with Gasteiger partial charge in [-0.1, -0.05) is 19.8 Å². The van der Waals surface area contributed by atoms with Crippen molar-refractivity contribution in [3.8, 4) is 0 Å². The Hall–Kier alpha value is -1.30. The molecule has 2 amide bonds. The first kappa shape index (κ1) is 17.8. The number of carbonyl (C=O) groups excluding carboxylic acids is 1. The molecule has 122 valence electrons. The first-order valence-corrected chi connectivity index (χ1v) is 7.97. The van der Waals surface area contributed by atoms with Gasteiger partial charge in [0.2, 0.25) is 0 Å². The molecule has 2 unspecified atom stereocenters. The van der Waals surface area contributed by atoms with E-state index < -0.39 is 5.97 Å². The molecule has 0 aromatic heterocycles. The Morgan fingerprint density at radius 2 is 1.95 bits per heavy atom. The maximum atomic E-state index is 11.6. The Labute approximate surface area is 126 Å². The lowest BCUT2D eigenvalue weighted by Crippen LogP contribution is -2.42. The summed E-state index contributed by atoms with van der Waals surface area (Å²) in [5.41, 5.74) is 0. The number of carboxylic acids is 1. The number of hydrogen-bond donors (Lipinski definition) is 3. The van der Waals surface area contributed by atoms with Crippen LogP contribution in [0.2, 0.25) is 0 Å². The standard InChI is InChI=1S/C15H28N2O4/c1-2-9-21-10-5-8-16-15(20)17-11-12-6-3-4-7-13(12)14(18)19/h12-13H,2-11H2,1H3,(H,18,19)(H2,16,17,20). The highest BCUT2D eigenvalue weighted by atomic mass is 16.5. The van der Waals surface area contributed by atoms with Crippen LogP contribution in [0.5, 0.6) is 0 Å². The van der Waals surface area contributed by atoms with E-state index in [4.69, 9.17) is 4.74 Å². The highest BCUT2D eigenvalue weighted by Gasteiger charge is 2.30. The van der Waals surface area contributed by atoms with Gasteiger partial charge in [0.1, 0.15) is 0 Å². The topological polar surface area (TPSA) is 87.7 Å². The molecule has 0 saturated heterocycles. The number of nitrogens with one attached hydrogen (secondary N) is 2. The number of ether oxygens (including phenoxy) is 1. The van der Waals surface area contributed by atoms with E-state index in [1.165, 1.54) is 0 Å². The van der Waals surface area contributed by atoms with Crippen molar-refractivity contribution in [2.45, 2.75) is 45.4 Å². The third-order valence-corrected chi connectivity index (χ3v) is 3.85. The molecule has 0 radical (unpaired) electrons. The number of rotatable bonds is 9. The molecule has 0 spiro atoms. The molecule has 1 aliphatic carbocycles. The zero-order valence-corrected chi connectivity index (χ0v) is 12.9. The van der Waals surface area contributed by atoms with Gasteiger partial charge in [-0.25, -0.2) is 4.79 Å². The van der Waals surface area contributed by atoms with E-state index in [1.807, 2.05) is 0 Å². The van der Waals surface area contributed by atoms with Gasteiger partial charge >= 0.3 is 12.0 Å². The summed E-state index contributed by atoms with van der Waals surface area (Å²) >= 11 is 0. The van der Waals surface area contributed by atoms with Crippen LogP contribution in [0.25, 0.3) is 0 Å². The molecule has 0 heterocycles. The molecule has 3 N–H and O–H groups in total. The number of hydrogen-bond acceptors (Lipinski definition) is 3. The average molecular weight is 300 g/mol. The highest BCUT2D eigenvalue weighted by molar-refractivity contribution is 5.74. The second kappa shape index (κ2) is 10.4. The molecule has 0 aromatic carbocycles. The molecule has 6 nitrogen and oxygen atoms in total. The van der Waals surface area contributed by atoms with E-state index in [2.05, 4.69) is 17.6 Å². The average Bonchev–Trinajstić information content (AvgIpc) is 2.49. The molecule has 1 aliphatic rings. The second-order valence-electron chi connectivity index (χ2n) is 5.59. The van der Waals surface area contributed by atoms with E-state index in [0.29, 0.717) is 19.7 Å². The molecule has 1 saturated carbocycles. The lowest BCUT2D eigenvalue weighted by molar-refractivity contribution is -0.144. The van der Waals surface area contributed by atoms with Gasteiger partial charge < -0.3 is 20.5 Å². The normalized spacial score (nSPS) is 21.8. The third kappa shape index (κ3) is 7.32. The zero-order chi connectivity index (χ0) is 15.5. The van der Waals surface area contributed by atoms with Crippen molar-refractivity contribution in [3.05, 3.63) is 0 Å². The van der Waals surface area contributed by atoms with Crippen molar-refractivity contribution in [2.24, 2.45) is 11.8 Å². The predicted octanol–water partition coefficient (Wildman–Crippen LogP) is 1.99. The van der Waals surface area contributed by atoms with Gasteiger partial charge in [-0.2, -0.15) is 0 Å². The maximum Gasteiger partial charge on any atom is 0.314 e. The van der Waals surface area contributed by atoms with E-state index in [-0.39, 0.29) is 17.9 Å². The summed E-state index contributed by atoms with van der Waals surface area (Å²) in [6.07, 6.45) is 5.40. The quantitative estimate of drug-likeness (QED) is 0.568. The molecule has 0 aromatic rings. The van der Waals surface area contributed by atoms with Crippen LogP contribution in [0, 0.1) is 11.8 Å². The second-order valence-corrected chi connectivity index (χ2v) is 5.59. The Morgan fingerprint density at radius 3 is 2.67 bits per heavy atom. The van der Waals surface area contributed by atoms with Gasteiger partial charge in [0.05, 0.1) is 5.92 Å². The molecule has 0 bridgehead atoms. The van der Waals surface area contributed by atoms with E-state index >= 15 is 0 Å². The summed E-state index contributed by atoms with van der Waals surface area (Å²) < 4.78 is 5.32. The van der Waals surface area contributed by atoms with Gasteiger partial charge in [-0.3, -0.25) is 4.79 Å². The van der Waals surface area contributed by atoms with Gasteiger partial charge in [-0.15, -0.1) is 0 Å². The maximum absolute atomic E-state index is 11.6. The monoisotopic (exact) mass is 300 g/mol. The molecule has 1 fully saturated rings. The number of aliphatic carboxylic acids is 1. The van der Waals surface area contributed by atoms with E-state index in [0.717, 1.165) is 45.1 Å². The Balaban J connectivity index is 2.12. The molecular weight excluding hydrogens is 272 g/mol. The van der Waals surface area contributed by atoms with Crippen LogP contribution >= 0.6 is 0 Å². The van der Waals surface area contributed by atoms with Gasteiger partial charge in [-0.05, 0) is 31.6 Å². The molecule has 2 atom stereocenters. The van der Waals surface area contributed by atoms with Crippen LogP contribution in [-0.4, -0.2) is 43.4 Å². The van der Waals surface area contributed by atoms with Crippen LogP contribution in [-0.2, 0) is 9.53 Å². The predicted molar refractivity (Wildman–Crippen MR) is 80.2 cm³/mol. The summed E-state index contributed by atoms with van der Waals surface area (Å²) in [4.78, 5) is 22.8. The van der Waals surface area contributed by atoms with Gasteiger partial charge in [0, 0.05) is 26.3 Å². The summed E-state index contributed by atoms with van der Waals surface area (Å²) in [6, 6.07) is -0.222. The summed E-state index contributed by atoms with van der Waals surface area (Å²) in [5.74, 6) is -1.01. The number of urea groups is 1. The smallest absolute Gasteiger partial charge is 0.314 e. The molecule has 6 heteroatoms. The van der Waals surface area contributed by atoms with Crippen molar-refractivity contribution in [2.75, 3.05) is 26.3 Å². The first-order chi connectivity index (χ1) is 10.1. The van der Waals surface area contributed by atoms with Crippen LogP contribution in [0.1, 0.15) is 45.4 Å². The summed E-state index contributed by atoms with van der Waals surface area (Å²) in [5, 5.41) is 14.7. The van der Waals surface area contributed by atoms with Crippen molar-refractivity contribution < 1.29 is 19.4 Å². The van der Waals surface area contributed by atoms with Crippen molar-refractivity contribution in [1.82, 2.24) is 10.6 Å². The lowest BCUT2D eigenvalue weighted by atomic mass is 9.79. The minimum absolute atomic E-state index is 0.0508. The third-order valence-electron chi connectivity index (χ3n) is 3.85.